The number of rotatable bonds is 17. The molecule has 0 aromatic heterocycles. The predicted octanol–water partition coefficient (Wildman–Crippen LogP) is 3.45. The van der Waals surface area contributed by atoms with Gasteiger partial charge in [0.25, 0.3) is 0 Å². The Bertz CT molecular complexity index is 984. The number of piperazine rings is 1. The van der Waals surface area contributed by atoms with Crippen LogP contribution >= 0.6 is 0 Å². The number of ether oxygens (including phenoxy) is 5. The molecule has 3 saturated heterocycles. The van der Waals surface area contributed by atoms with Gasteiger partial charge in [0.2, 0.25) is 5.91 Å². The molecule has 11 nitrogen and oxygen atoms in total. The monoisotopic (exact) mass is 637 g/mol. The summed E-state index contributed by atoms with van der Waals surface area (Å²) < 4.78 is 28.8. The van der Waals surface area contributed by atoms with Crippen LogP contribution in [0.4, 0.5) is 4.79 Å². The van der Waals surface area contributed by atoms with E-state index < -0.39 is 6.10 Å². The van der Waals surface area contributed by atoms with E-state index in [1.54, 1.807) is 18.9 Å². The summed E-state index contributed by atoms with van der Waals surface area (Å²) in [5.41, 5.74) is 0.964. The topological polar surface area (TPSA) is 131 Å². The van der Waals surface area contributed by atoms with Gasteiger partial charge in [-0.3, -0.25) is 4.79 Å². The molecule has 2 amide bonds. The first-order valence-corrected chi connectivity index (χ1v) is 16.8. The number of carbonyl (C=O) groups is 2. The summed E-state index contributed by atoms with van der Waals surface area (Å²) in [7, 11) is 1.64. The van der Waals surface area contributed by atoms with Gasteiger partial charge >= 0.3 is 6.09 Å². The Labute approximate surface area is 270 Å². The van der Waals surface area contributed by atoms with Crippen molar-refractivity contribution in [3.8, 4) is 0 Å². The van der Waals surface area contributed by atoms with Gasteiger partial charge in [0, 0.05) is 52.2 Å². The van der Waals surface area contributed by atoms with E-state index in [1.165, 1.54) is 5.57 Å². The number of allylic oxidation sites excluding steroid dienone is 3. The fraction of sp³-hybridized carbons (Fsp3) is 0.824. The third-order valence-electron chi connectivity index (χ3n) is 9.29. The SMILES string of the molecule is CO[C@H]([C@@H](C)[C@H]1O[C@]1(C)C[C@H](C)/C=C/C=C(\C)[C@H]1O[C@@H](CNC(=O)CCOCCOC(=O)N2CCNCC2)CC[C@@H]1C)[C@@H](C)O. The molecule has 0 aliphatic carbocycles. The van der Waals surface area contributed by atoms with E-state index >= 15 is 0 Å². The molecule has 3 fully saturated rings. The minimum absolute atomic E-state index is 0.00816. The van der Waals surface area contributed by atoms with Gasteiger partial charge in [-0.25, -0.2) is 4.79 Å². The molecule has 0 aromatic rings. The Morgan fingerprint density at radius 1 is 1.16 bits per heavy atom. The van der Waals surface area contributed by atoms with Crippen molar-refractivity contribution < 1.29 is 38.4 Å². The molecule has 0 radical (unpaired) electrons. The molecular weight excluding hydrogens is 578 g/mol. The normalized spacial score (nSPS) is 30.0. The van der Waals surface area contributed by atoms with Gasteiger partial charge in [-0.2, -0.15) is 0 Å². The summed E-state index contributed by atoms with van der Waals surface area (Å²) in [5.74, 6) is 0.758. The highest BCUT2D eigenvalue weighted by molar-refractivity contribution is 5.75. The molecule has 9 atom stereocenters. The summed E-state index contributed by atoms with van der Waals surface area (Å²) in [4.78, 5) is 26.0. The zero-order valence-electron chi connectivity index (χ0n) is 28.6. The van der Waals surface area contributed by atoms with Gasteiger partial charge in [-0.1, -0.05) is 39.0 Å². The molecule has 0 saturated carbocycles. The second kappa shape index (κ2) is 18.4. The third kappa shape index (κ3) is 11.9. The van der Waals surface area contributed by atoms with Gasteiger partial charge in [0.1, 0.15) is 6.61 Å². The lowest BCUT2D eigenvalue weighted by atomic mass is 9.85. The molecule has 3 aliphatic rings. The van der Waals surface area contributed by atoms with Gasteiger partial charge in [0.05, 0.1) is 49.3 Å². The maximum atomic E-state index is 12.4. The van der Waals surface area contributed by atoms with Crippen molar-refractivity contribution in [3.05, 3.63) is 23.8 Å². The third-order valence-corrected chi connectivity index (χ3v) is 9.29. The van der Waals surface area contributed by atoms with E-state index in [0.29, 0.717) is 31.5 Å². The summed E-state index contributed by atoms with van der Waals surface area (Å²) in [6, 6.07) is 0. The lowest BCUT2D eigenvalue weighted by Crippen LogP contribution is -2.46. The average Bonchev–Trinajstić information content (AvgIpc) is 3.68. The van der Waals surface area contributed by atoms with Crippen LogP contribution in [0.1, 0.15) is 67.2 Å². The molecular formula is C34H59N3O8. The Kier molecular flexibility index (Phi) is 15.3. The van der Waals surface area contributed by atoms with Crippen molar-refractivity contribution in [2.45, 2.75) is 103 Å². The standard InChI is InChI=1S/C34H59N3O8/c1-23(21-34(6)32(45-34)26(4)31(41-7)27(5)38)9-8-10-24(2)30-25(3)11-12-28(44-30)22-36-29(39)13-18-42-19-20-43-33(40)37-16-14-35-15-17-37/h8-10,23,25-28,30-32,35,38H,11-22H2,1-7H3,(H,36,39)/b9-8+,24-10+/t23-,25+,26-,27-,28-,30-,31-,32-,34-/m1/s1. The molecule has 3 N–H and O–H groups in total. The molecule has 0 bridgehead atoms. The van der Waals surface area contributed by atoms with Crippen LogP contribution in [-0.4, -0.2) is 118 Å². The zero-order chi connectivity index (χ0) is 33.0. The predicted molar refractivity (Wildman–Crippen MR) is 173 cm³/mol. The molecule has 11 heteroatoms. The van der Waals surface area contributed by atoms with Crippen molar-refractivity contribution >= 4 is 12.0 Å². The van der Waals surface area contributed by atoms with E-state index in [9.17, 15) is 14.7 Å². The van der Waals surface area contributed by atoms with Crippen LogP contribution in [0.3, 0.4) is 0 Å². The number of aliphatic hydroxyl groups excluding tert-OH is 1. The minimum Gasteiger partial charge on any atom is -0.447 e. The van der Waals surface area contributed by atoms with Crippen molar-refractivity contribution in [2.75, 3.05) is 59.7 Å². The van der Waals surface area contributed by atoms with Gasteiger partial charge in [-0.15, -0.1) is 0 Å². The Morgan fingerprint density at radius 2 is 1.89 bits per heavy atom. The van der Waals surface area contributed by atoms with Crippen molar-refractivity contribution in [1.29, 1.82) is 0 Å². The number of epoxide rings is 1. The van der Waals surface area contributed by atoms with E-state index in [4.69, 9.17) is 23.7 Å². The first-order chi connectivity index (χ1) is 21.4. The second-order valence-corrected chi connectivity index (χ2v) is 13.4. The van der Waals surface area contributed by atoms with Gasteiger partial charge in [0.15, 0.2) is 0 Å². The van der Waals surface area contributed by atoms with Crippen LogP contribution in [0, 0.1) is 17.8 Å². The maximum Gasteiger partial charge on any atom is 0.409 e. The van der Waals surface area contributed by atoms with E-state index in [-0.39, 0.29) is 74.2 Å². The first kappa shape index (κ1) is 37.4. The molecule has 3 rings (SSSR count). The van der Waals surface area contributed by atoms with Gasteiger partial charge in [-0.05, 0) is 57.4 Å². The Balaban J connectivity index is 1.32. The fourth-order valence-electron chi connectivity index (χ4n) is 6.73. The van der Waals surface area contributed by atoms with E-state index in [0.717, 1.165) is 32.4 Å². The number of hydrogen-bond acceptors (Lipinski definition) is 9. The highest BCUT2D eigenvalue weighted by Crippen LogP contribution is 2.47. The van der Waals surface area contributed by atoms with Gasteiger partial charge < -0.3 is 44.3 Å². The van der Waals surface area contributed by atoms with Crippen molar-refractivity contribution in [2.24, 2.45) is 17.8 Å². The first-order valence-electron chi connectivity index (χ1n) is 16.8. The molecule has 3 heterocycles. The largest absolute Gasteiger partial charge is 0.447 e. The van der Waals surface area contributed by atoms with Crippen LogP contribution in [0.2, 0.25) is 0 Å². The molecule has 45 heavy (non-hydrogen) atoms. The lowest BCUT2D eigenvalue weighted by molar-refractivity contribution is -0.124. The second-order valence-electron chi connectivity index (χ2n) is 13.4. The van der Waals surface area contributed by atoms with Crippen LogP contribution < -0.4 is 10.6 Å². The van der Waals surface area contributed by atoms with Crippen molar-refractivity contribution in [3.63, 3.8) is 0 Å². The summed E-state index contributed by atoms with van der Waals surface area (Å²) in [6.07, 6.45) is 8.51. The molecule has 3 aliphatic heterocycles. The quantitative estimate of drug-likeness (QED) is 0.125. The number of hydrogen-bond donors (Lipinski definition) is 3. The maximum absolute atomic E-state index is 12.4. The van der Waals surface area contributed by atoms with Crippen LogP contribution in [0.25, 0.3) is 0 Å². The molecule has 0 unspecified atom stereocenters. The molecule has 0 aromatic carbocycles. The summed E-state index contributed by atoms with van der Waals surface area (Å²) >= 11 is 0. The number of nitrogens with zero attached hydrogens (tertiary/aromatic N) is 1. The smallest absolute Gasteiger partial charge is 0.409 e. The van der Waals surface area contributed by atoms with Crippen LogP contribution in [0.15, 0.2) is 23.8 Å². The van der Waals surface area contributed by atoms with Crippen LogP contribution in [0.5, 0.6) is 0 Å². The summed E-state index contributed by atoms with van der Waals surface area (Å²) in [5, 5.41) is 16.2. The fourth-order valence-corrected chi connectivity index (χ4v) is 6.73. The molecule has 0 spiro atoms. The lowest BCUT2D eigenvalue weighted by Gasteiger charge is -2.35. The highest BCUT2D eigenvalue weighted by Gasteiger charge is 2.56. The van der Waals surface area contributed by atoms with E-state index in [2.05, 4.69) is 63.5 Å². The average molecular weight is 638 g/mol. The summed E-state index contributed by atoms with van der Waals surface area (Å²) in [6.45, 7) is 16.6. The highest BCUT2D eigenvalue weighted by atomic mass is 16.6. The zero-order valence-corrected chi connectivity index (χ0v) is 28.6. The Hall–Kier alpha value is -2.02. The number of methoxy groups -OCH3 is 1. The number of aliphatic hydroxyl groups is 1. The molecule has 258 valence electrons. The van der Waals surface area contributed by atoms with E-state index in [1.807, 2.05) is 0 Å². The number of nitrogens with one attached hydrogen (secondary N) is 2. The number of carbonyl (C=O) groups excluding carboxylic acids is 2. The van der Waals surface area contributed by atoms with Crippen molar-refractivity contribution in [1.82, 2.24) is 15.5 Å². The number of amides is 2. The van der Waals surface area contributed by atoms with Crippen LogP contribution in [-0.2, 0) is 28.5 Å². The minimum atomic E-state index is -0.540. The Morgan fingerprint density at radius 3 is 2.58 bits per heavy atom.